The zero-order valence-corrected chi connectivity index (χ0v) is 12.5. The summed E-state index contributed by atoms with van der Waals surface area (Å²) < 4.78 is 13.5. The summed E-state index contributed by atoms with van der Waals surface area (Å²) >= 11 is 0. The molecule has 112 valence electrons. The van der Waals surface area contributed by atoms with Crippen molar-refractivity contribution in [2.45, 2.75) is 51.1 Å². The number of nitrogens with zero attached hydrogens (tertiary/aromatic N) is 1. The molecule has 1 aromatic carbocycles. The van der Waals surface area contributed by atoms with E-state index in [0.29, 0.717) is 0 Å². The highest BCUT2D eigenvalue weighted by atomic mass is 19.1. The first-order valence-corrected chi connectivity index (χ1v) is 7.52. The molecule has 3 nitrogen and oxygen atoms in total. The van der Waals surface area contributed by atoms with Gasteiger partial charge in [-0.05, 0) is 57.5 Å². The second-order valence-electron chi connectivity index (χ2n) is 6.21. The summed E-state index contributed by atoms with van der Waals surface area (Å²) in [7, 11) is 0. The van der Waals surface area contributed by atoms with Crippen LogP contribution in [0.5, 0.6) is 0 Å². The van der Waals surface area contributed by atoms with E-state index in [4.69, 9.17) is 5.84 Å². The van der Waals surface area contributed by atoms with Crippen LogP contribution >= 0.6 is 0 Å². The van der Waals surface area contributed by atoms with E-state index in [-0.39, 0.29) is 17.4 Å². The first-order chi connectivity index (χ1) is 9.55. The summed E-state index contributed by atoms with van der Waals surface area (Å²) in [5, 5.41) is 0. The second-order valence-corrected chi connectivity index (χ2v) is 6.21. The quantitative estimate of drug-likeness (QED) is 0.657. The lowest BCUT2D eigenvalue weighted by atomic mass is 9.87. The van der Waals surface area contributed by atoms with Crippen LogP contribution in [0.15, 0.2) is 24.3 Å². The van der Waals surface area contributed by atoms with Crippen LogP contribution in [0.4, 0.5) is 4.39 Å². The Kier molecular flexibility index (Phi) is 5.13. The molecule has 0 amide bonds. The summed E-state index contributed by atoms with van der Waals surface area (Å²) in [4.78, 5) is 2.48. The van der Waals surface area contributed by atoms with Crippen LogP contribution < -0.4 is 11.3 Å². The molecule has 0 aliphatic carbocycles. The Bertz CT molecular complexity index is 425. The molecule has 1 aromatic rings. The van der Waals surface area contributed by atoms with E-state index < -0.39 is 0 Å². The van der Waals surface area contributed by atoms with Crippen LogP contribution in [0.25, 0.3) is 0 Å². The number of nitrogens with two attached hydrogens (primary N) is 1. The van der Waals surface area contributed by atoms with E-state index in [2.05, 4.69) is 24.2 Å². The average Bonchev–Trinajstić information content (AvgIpc) is 2.68. The van der Waals surface area contributed by atoms with Crippen molar-refractivity contribution in [1.82, 2.24) is 10.3 Å². The molecule has 20 heavy (non-hydrogen) atoms. The molecule has 1 unspecified atom stereocenters. The van der Waals surface area contributed by atoms with Crippen LogP contribution in [-0.2, 0) is 0 Å². The van der Waals surface area contributed by atoms with Crippen molar-refractivity contribution in [3.63, 3.8) is 0 Å². The van der Waals surface area contributed by atoms with Gasteiger partial charge in [-0.3, -0.25) is 16.2 Å². The minimum absolute atomic E-state index is 0.0868. The normalized spacial score (nSPS) is 19.6. The van der Waals surface area contributed by atoms with E-state index in [1.165, 1.54) is 31.7 Å². The summed E-state index contributed by atoms with van der Waals surface area (Å²) in [6.07, 6.45) is 5.05. The standard InChI is InChI=1S/C16H26FN3/c1-16(2,20-10-5-3-4-6-11-20)15(19-18)13-8-7-9-14(17)12-13/h7-9,12,15,19H,3-6,10-11,18H2,1-2H3. The number of nitrogens with one attached hydrogen (secondary N) is 1. The third-order valence-corrected chi connectivity index (χ3v) is 4.48. The Morgan fingerprint density at radius 3 is 2.40 bits per heavy atom. The van der Waals surface area contributed by atoms with Crippen LogP contribution in [0.1, 0.15) is 51.1 Å². The van der Waals surface area contributed by atoms with Crippen LogP contribution in [0.3, 0.4) is 0 Å². The van der Waals surface area contributed by atoms with Gasteiger partial charge in [-0.25, -0.2) is 4.39 Å². The average molecular weight is 279 g/mol. The van der Waals surface area contributed by atoms with Crippen molar-refractivity contribution in [1.29, 1.82) is 0 Å². The lowest BCUT2D eigenvalue weighted by Crippen LogP contribution is -2.54. The minimum Gasteiger partial charge on any atom is -0.296 e. The summed E-state index contributed by atoms with van der Waals surface area (Å²) in [6, 6.07) is 6.64. The summed E-state index contributed by atoms with van der Waals surface area (Å²) in [5.41, 5.74) is 3.65. The van der Waals surface area contributed by atoms with Crippen molar-refractivity contribution in [3.05, 3.63) is 35.6 Å². The van der Waals surface area contributed by atoms with Gasteiger partial charge in [-0.2, -0.15) is 0 Å². The molecule has 0 saturated carbocycles. The Morgan fingerprint density at radius 1 is 1.20 bits per heavy atom. The third-order valence-electron chi connectivity index (χ3n) is 4.48. The molecule has 0 aromatic heterocycles. The maximum absolute atomic E-state index is 13.5. The molecule has 0 radical (unpaired) electrons. The van der Waals surface area contributed by atoms with E-state index in [9.17, 15) is 4.39 Å². The highest BCUT2D eigenvalue weighted by molar-refractivity contribution is 5.23. The fourth-order valence-electron chi connectivity index (χ4n) is 3.22. The number of likely N-dealkylation sites (tertiary alicyclic amines) is 1. The molecule has 1 aliphatic heterocycles. The number of halogens is 1. The summed E-state index contributed by atoms with van der Waals surface area (Å²) in [5.74, 6) is 5.57. The van der Waals surface area contributed by atoms with Gasteiger partial charge in [0.15, 0.2) is 0 Å². The number of hydrogen-bond donors (Lipinski definition) is 2. The van der Waals surface area contributed by atoms with E-state index in [1.54, 1.807) is 12.1 Å². The predicted molar refractivity (Wildman–Crippen MR) is 80.6 cm³/mol. The zero-order valence-electron chi connectivity index (χ0n) is 12.5. The monoisotopic (exact) mass is 279 g/mol. The molecule has 0 spiro atoms. The summed E-state index contributed by atoms with van der Waals surface area (Å²) in [6.45, 7) is 6.54. The maximum Gasteiger partial charge on any atom is 0.123 e. The third kappa shape index (κ3) is 3.37. The van der Waals surface area contributed by atoms with Crippen molar-refractivity contribution < 1.29 is 4.39 Å². The minimum atomic E-state index is -0.214. The van der Waals surface area contributed by atoms with Gasteiger partial charge in [-0.1, -0.05) is 25.0 Å². The van der Waals surface area contributed by atoms with E-state index in [0.717, 1.165) is 18.7 Å². The van der Waals surface area contributed by atoms with Gasteiger partial charge in [0.1, 0.15) is 5.82 Å². The lowest BCUT2D eigenvalue weighted by Gasteiger charge is -2.43. The number of hydrogen-bond acceptors (Lipinski definition) is 3. The van der Waals surface area contributed by atoms with Gasteiger partial charge >= 0.3 is 0 Å². The van der Waals surface area contributed by atoms with Crippen LogP contribution in [0, 0.1) is 5.82 Å². The van der Waals surface area contributed by atoms with Crippen molar-refractivity contribution in [3.8, 4) is 0 Å². The Hall–Kier alpha value is -0.970. The molecule has 1 atom stereocenters. The fraction of sp³-hybridized carbons (Fsp3) is 0.625. The molecule has 3 N–H and O–H groups in total. The van der Waals surface area contributed by atoms with Crippen LogP contribution in [-0.4, -0.2) is 23.5 Å². The maximum atomic E-state index is 13.5. The molecule has 1 aliphatic rings. The smallest absolute Gasteiger partial charge is 0.123 e. The predicted octanol–water partition coefficient (Wildman–Crippen LogP) is 2.98. The SMILES string of the molecule is CC(C)(C(NN)c1cccc(F)c1)N1CCCCCC1. The van der Waals surface area contributed by atoms with Gasteiger partial charge < -0.3 is 0 Å². The van der Waals surface area contributed by atoms with Gasteiger partial charge in [0, 0.05) is 5.54 Å². The topological polar surface area (TPSA) is 41.3 Å². The Balaban J connectivity index is 2.23. The molecule has 0 bridgehead atoms. The first kappa shape index (κ1) is 15.4. The van der Waals surface area contributed by atoms with Crippen molar-refractivity contribution in [2.24, 2.45) is 5.84 Å². The number of hydrazine groups is 1. The number of benzene rings is 1. The lowest BCUT2D eigenvalue weighted by molar-refractivity contribution is 0.0833. The second kappa shape index (κ2) is 6.66. The van der Waals surface area contributed by atoms with Gasteiger partial charge in [0.2, 0.25) is 0 Å². The molecular formula is C16H26FN3. The fourth-order valence-corrected chi connectivity index (χ4v) is 3.22. The van der Waals surface area contributed by atoms with E-state index >= 15 is 0 Å². The zero-order chi connectivity index (χ0) is 14.6. The van der Waals surface area contributed by atoms with Gasteiger partial charge in [0.25, 0.3) is 0 Å². The van der Waals surface area contributed by atoms with E-state index in [1.807, 2.05) is 6.07 Å². The Morgan fingerprint density at radius 2 is 1.85 bits per heavy atom. The molecule has 1 heterocycles. The van der Waals surface area contributed by atoms with Crippen molar-refractivity contribution >= 4 is 0 Å². The highest BCUT2D eigenvalue weighted by Gasteiger charge is 2.36. The van der Waals surface area contributed by atoms with Crippen molar-refractivity contribution in [2.75, 3.05) is 13.1 Å². The molecule has 1 fully saturated rings. The van der Waals surface area contributed by atoms with Gasteiger partial charge in [0.05, 0.1) is 6.04 Å². The molecule has 1 saturated heterocycles. The van der Waals surface area contributed by atoms with Gasteiger partial charge in [-0.15, -0.1) is 0 Å². The highest BCUT2D eigenvalue weighted by Crippen LogP contribution is 2.32. The van der Waals surface area contributed by atoms with Crippen LogP contribution in [0.2, 0.25) is 0 Å². The largest absolute Gasteiger partial charge is 0.296 e. The first-order valence-electron chi connectivity index (χ1n) is 7.52. The number of rotatable bonds is 4. The Labute approximate surface area is 121 Å². The molecule has 2 rings (SSSR count). The molecule has 4 heteroatoms. The molecular weight excluding hydrogens is 253 g/mol.